The molecule has 1 atom stereocenters. The lowest BCUT2D eigenvalue weighted by Gasteiger charge is -2.27. The Morgan fingerprint density at radius 2 is 1.80 bits per heavy atom. The molecule has 1 unspecified atom stereocenters. The summed E-state index contributed by atoms with van der Waals surface area (Å²) in [5.41, 5.74) is 1.38. The summed E-state index contributed by atoms with van der Waals surface area (Å²) in [6.07, 6.45) is 1.24. The van der Waals surface area contributed by atoms with Gasteiger partial charge in [0, 0.05) is 50.6 Å². The van der Waals surface area contributed by atoms with E-state index in [0.29, 0.717) is 24.4 Å². The van der Waals surface area contributed by atoms with Crippen LogP contribution in [0, 0.1) is 0 Å². The minimum atomic E-state index is -4.53. The number of halogens is 3. The van der Waals surface area contributed by atoms with Crippen LogP contribution in [0.1, 0.15) is 28.3 Å². The maximum absolute atomic E-state index is 13.8. The molecule has 8 heteroatoms. The normalized spacial score (nSPS) is 15.7. The third-order valence-electron chi connectivity index (χ3n) is 6.26. The Morgan fingerprint density at radius 1 is 1.03 bits per heavy atom. The molecular weight excluding hydrogens is 455 g/mol. The number of carbonyl (C=O) groups is 1. The predicted molar refractivity (Wildman–Crippen MR) is 131 cm³/mol. The molecule has 184 valence electrons. The standard InChI is InChI=1S/C27H28F3N3O2/c1-32-17-4-5-20(32)14-15-31-16-18-33-25-7-3-6-24(27(28,29)30)23(25)13-12-22(26(33)34)19-8-10-21(35-2)11-9-19/h3-13,17,22,31H,14-16,18H2,1-2H3. The summed E-state index contributed by atoms with van der Waals surface area (Å²) in [6, 6.07) is 15.0. The lowest BCUT2D eigenvalue weighted by atomic mass is 9.97. The number of carbonyl (C=O) groups excluding carboxylic acids is 1. The van der Waals surface area contributed by atoms with Gasteiger partial charge in [0.05, 0.1) is 24.3 Å². The van der Waals surface area contributed by atoms with Crippen molar-refractivity contribution in [1.82, 2.24) is 9.88 Å². The van der Waals surface area contributed by atoms with Crippen molar-refractivity contribution in [2.45, 2.75) is 18.5 Å². The zero-order chi connectivity index (χ0) is 25.0. The molecule has 0 bridgehead atoms. The van der Waals surface area contributed by atoms with E-state index < -0.39 is 17.7 Å². The Balaban J connectivity index is 1.59. The number of amides is 1. The summed E-state index contributed by atoms with van der Waals surface area (Å²) in [5.74, 6) is -0.341. The maximum Gasteiger partial charge on any atom is 0.417 e. The first-order valence-corrected chi connectivity index (χ1v) is 11.4. The van der Waals surface area contributed by atoms with E-state index in [1.165, 1.54) is 22.7 Å². The largest absolute Gasteiger partial charge is 0.497 e. The molecule has 0 aliphatic carbocycles. The van der Waals surface area contributed by atoms with E-state index in [2.05, 4.69) is 5.32 Å². The minimum Gasteiger partial charge on any atom is -0.497 e. The van der Waals surface area contributed by atoms with Gasteiger partial charge in [-0.25, -0.2) is 0 Å². The first-order chi connectivity index (χ1) is 16.8. The third-order valence-corrected chi connectivity index (χ3v) is 6.26. The molecule has 4 rings (SSSR count). The van der Waals surface area contributed by atoms with Crippen LogP contribution in [-0.4, -0.2) is 37.2 Å². The smallest absolute Gasteiger partial charge is 0.417 e. The van der Waals surface area contributed by atoms with E-state index in [0.717, 1.165) is 12.5 Å². The van der Waals surface area contributed by atoms with Gasteiger partial charge in [0.1, 0.15) is 5.75 Å². The lowest BCUT2D eigenvalue weighted by Crippen LogP contribution is -2.40. The van der Waals surface area contributed by atoms with Gasteiger partial charge in [-0.3, -0.25) is 4.79 Å². The van der Waals surface area contributed by atoms with E-state index >= 15 is 0 Å². The van der Waals surface area contributed by atoms with Gasteiger partial charge in [-0.05, 0) is 42.0 Å². The number of ether oxygens (including phenoxy) is 1. The fourth-order valence-electron chi connectivity index (χ4n) is 4.36. The SMILES string of the molecule is COc1ccc(C2C=Cc3c(cccc3C(F)(F)F)N(CCNCCc3cccn3C)C2=O)cc1. The van der Waals surface area contributed by atoms with Crippen molar-refractivity contribution in [1.29, 1.82) is 0 Å². The fourth-order valence-corrected chi connectivity index (χ4v) is 4.36. The van der Waals surface area contributed by atoms with Crippen molar-refractivity contribution in [2.24, 2.45) is 7.05 Å². The second-order valence-corrected chi connectivity index (χ2v) is 8.45. The number of hydrogen-bond acceptors (Lipinski definition) is 3. The zero-order valence-corrected chi connectivity index (χ0v) is 19.7. The van der Waals surface area contributed by atoms with E-state index in [9.17, 15) is 18.0 Å². The Morgan fingerprint density at radius 3 is 2.46 bits per heavy atom. The number of alkyl halides is 3. The number of fused-ring (bicyclic) bond motifs is 1. The molecule has 0 saturated carbocycles. The zero-order valence-electron chi connectivity index (χ0n) is 19.7. The minimum absolute atomic E-state index is 0.00757. The van der Waals surface area contributed by atoms with Crippen LogP contribution >= 0.6 is 0 Å². The quantitative estimate of drug-likeness (QED) is 0.458. The third kappa shape index (κ3) is 5.43. The average molecular weight is 484 g/mol. The van der Waals surface area contributed by atoms with Gasteiger partial charge in [-0.15, -0.1) is 0 Å². The van der Waals surface area contributed by atoms with Crippen LogP contribution < -0.4 is 15.0 Å². The van der Waals surface area contributed by atoms with Gasteiger partial charge in [0.2, 0.25) is 5.91 Å². The molecule has 1 aliphatic heterocycles. The van der Waals surface area contributed by atoms with Crippen LogP contribution in [0.3, 0.4) is 0 Å². The van der Waals surface area contributed by atoms with E-state index in [1.54, 1.807) is 43.5 Å². The highest BCUT2D eigenvalue weighted by atomic mass is 19.4. The number of aryl methyl sites for hydroxylation is 1. The Labute approximate surface area is 202 Å². The number of nitrogens with zero attached hydrogens (tertiary/aromatic N) is 2. The molecule has 0 fully saturated rings. The van der Waals surface area contributed by atoms with Gasteiger partial charge in [0.15, 0.2) is 0 Å². The summed E-state index contributed by atoms with van der Waals surface area (Å²) in [7, 11) is 3.53. The molecule has 3 aromatic rings. The molecule has 2 heterocycles. The van der Waals surface area contributed by atoms with E-state index in [1.807, 2.05) is 29.9 Å². The van der Waals surface area contributed by atoms with Crippen molar-refractivity contribution in [3.05, 3.63) is 89.3 Å². The molecule has 0 saturated heterocycles. The van der Waals surface area contributed by atoms with Crippen molar-refractivity contribution in [3.63, 3.8) is 0 Å². The second kappa shape index (κ2) is 10.4. The number of benzene rings is 2. The molecule has 1 N–H and O–H groups in total. The lowest BCUT2D eigenvalue weighted by molar-refractivity contribution is -0.137. The highest BCUT2D eigenvalue weighted by Crippen LogP contribution is 2.40. The van der Waals surface area contributed by atoms with E-state index in [4.69, 9.17) is 4.74 Å². The van der Waals surface area contributed by atoms with Gasteiger partial charge >= 0.3 is 6.18 Å². The van der Waals surface area contributed by atoms with Gasteiger partial charge < -0.3 is 19.5 Å². The van der Waals surface area contributed by atoms with Crippen LogP contribution in [0.15, 0.2) is 66.9 Å². The summed E-state index contributed by atoms with van der Waals surface area (Å²) in [4.78, 5) is 15.1. The first-order valence-electron chi connectivity index (χ1n) is 11.4. The molecular formula is C27H28F3N3O2. The van der Waals surface area contributed by atoms with Crippen LogP contribution in [0.5, 0.6) is 5.75 Å². The molecule has 5 nitrogen and oxygen atoms in total. The predicted octanol–water partition coefficient (Wildman–Crippen LogP) is 5.03. The first kappa shape index (κ1) is 24.6. The molecule has 1 aromatic heterocycles. The average Bonchev–Trinajstić information content (AvgIpc) is 3.19. The second-order valence-electron chi connectivity index (χ2n) is 8.45. The Bertz CT molecular complexity index is 1200. The van der Waals surface area contributed by atoms with Gasteiger partial charge in [0.25, 0.3) is 0 Å². The van der Waals surface area contributed by atoms with E-state index in [-0.39, 0.29) is 23.7 Å². The summed E-state index contributed by atoms with van der Waals surface area (Å²) >= 11 is 0. The monoisotopic (exact) mass is 483 g/mol. The van der Waals surface area contributed by atoms with Gasteiger partial charge in [-0.2, -0.15) is 13.2 Å². The maximum atomic E-state index is 13.8. The van der Waals surface area contributed by atoms with Gasteiger partial charge in [-0.1, -0.05) is 30.4 Å². The van der Waals surface area contributed by atoms with Crippen LogP contribution in [-0.2, 0) is 24.4 Å². The number of nitrogens with one attached hydrogen (secondary N) is 1. The fraction of sp³-hybridized carbons (Fsp3) is 0.296. The molecule has 0 radical (unpaired) electrons. The number of anilines is 1. The Hall–Kier alpha value is -3.52. The summed E-state index contributed by atoms with van der Waals surface area (Å²) < 4.78 is 48.6. The number of hydrogen-bond donors (Lipinski definition) is 1. The number of methoxy groups -OCH3 is 1. The van der Waals surface area contributed by atoms with Crippen molar-refractivity contribution in [3.8, 4) is 5.75 Å². The van der Waals surface area contributed by atoms with Crippen molar-refractivity contribution < 1.29 is 22.7 Å². The number of rotatable bonds is 8. The summed E-state index contributed by atoms with van der Waals surface area (Å²) in [6.45, 7) is 1.38. The molecule has 35 heavy (non-hydrogen) atoms. The Kier molecular flexibility index (Phi) is 7.31. The molecule has 0 spiro atoms. The molecule has 1 amide bonds. The number of aromatic nitrogens is 1. The highest BCUT2D eigenvalue weighted by Gasteiger charge is 2.37. The van der Waals surface area contributed by atoms with Crippen LogP contribution in [0.4, 0.5) is 18.9 Å². The van der Waals surface area contributed by atoms with Crippen LogP contribution in [0.25, 0.3) is 6.08 Å². The summed E-state index contributed by atoms with van der Waals surface area (Å²) in [5, 5.41) is 3.32. The topological polar surface area (TPSA) is 46.5 Å². The van der Waals surface area contributed by atoms with Crippen LogP contribution in [0.2, 0.25) is 0 Å². The highest BCUT2D eigenvalue weighted by molar-refractivity contribution is 6.03. The van der Waals surface area contributed by atoms with Crippen molar-refractivity contribution in [2.75, 3.05) is 31.6 Å². The molecule has 1 aliphatic rings. The van der Waals surface area contributed by atoms with Crippen molar-refractivity contribution >= 4 is 17.7 Å². The molecule has 2 aromatic carbocycles.